The second kappa shape index (κ2) is 13.2. The third-order valence-corrected chi connectivity index (χ3v) is 11.8. The number of rotatable bonds is 7. The summed E-state index contributed by atoms with van der Waals surface area (Å²) in [5, 5.41) is 15.8. The van der Waals surface area contributed by atoms with E-state index in [1.165, 1.54) is 6.08 Å². The summed E-state index contributed by atoms with van der Waals surface area (Å²) in [5.74, 6) is 0.286. The molecule has 0 saturated carbocycles. The molecule has 1 aliphatic heterocycles. The van der Waals surface area contributed by atoms with Gasteiger partial charge in [0.1, 0.15) is 5.76 Å². The Labute approximate surface area is 280 Å². The fourth-order valence-electron chi connectivity index (χ4n) is 5.86. The van der Waals surface area contributed by atoms with Crippen LogP contribution < -0.4 is 0 Å². The summed E-state index contributed by atoms with van der Waals surface area (Å²) >= 11 is 0. The molecule has 1 radical (unpaired) electrons. The molecule has 0 saturated heterocycles. The molecule has 0 aliphatic carbocycles. The van der Waals surface area contributed by atoms with Gasteiger partial charge in [-0.25, -0.2) is 8.42 Å². The molecule has 0 spiro atoms. The molecule has 45 heavy (non-hydrogen) atoms. The van der Waals surface area contributed by atoms with Crippen LogP contribution in [0.3, 0.4) is 0 Å². The van der Waals surface area contributed by atoms with Gasteiger partial charge in [-0.05, 0) is 80.7 Å². The van der Waals surface area contributed by atoms with Crippen molar-refractivity contribution >= 4 is 47.9 Å². The molecule has 0 atom stereocenters. The zero-order valence-electron chi connectivity index (χ0n) is 26.7. The molecule has 1 N–H and O–H groups in total. The van der Waals surface area contributed by atoms with Crippen LogP contribution in [0, 0.1) is 16.9 Å². The third-order valence-electron chi connectivity index (χ3n) is 9.97. The largest absolute Gasteiger partial charge is 0.512 e. The minimum absolute atomic E-state index is 0. The predicted molar refractivity (Wildman–Crippen MR) is 180 cm³/mol. The molecule has 5 nitrogen and oxygen atoms in total. The maximum atomic E-state index is 13.4. The van der Waals surface area contributed by atoms with Gasteiger partial charge in [0.05, 0.1) is 4.90 Å². The third kappa shape index (κ3) is 5.87. The first-order valence-electron chi connectivity index (χ1n) is 15.4. The van der Waals surface area contributed by atoms with E-state index in [2.05, 4.69) is 23.2 Å². The molecule has 1 aromatic heterocycles. The van der Waals surface area contributed by atoms with Crippen molar-refractivity contribution in [2.75, 3.05) is 0 Å². The number of hydrogen-bond donors (Lipinski definition) is 1. The van der Waals surface area contributed by atoms with Gasteiger partial charge < -0.3 is 10.1 Å². The molecule has 6 rings (SSSR count). The van der Waals surface area contributed by atoms with Crippen LogP contribution in [-0.4, -0.2) is 24.3 Å². The first-order valence-corrected chi connectivity index (χ1v) is 16.9. The number of carbonyl (C=O) groups is 1. The Morgan fingerprint density at radius 2 is 1.49 bits per heavy atom. The van der Waals surface area contributed by atoms with Crippen LogP contribution in [0.4, 0.5) is 0 Å². The van der Waals surface area contributed by atoms with Crippen LogP contribution in [0.25, 0.3) is 43.6 Å². The number of pyridine rings is 1. The van der Waals surface area contributed by atoms with Gasteiger partial charge in [-0.3, -0.25) is 4.79 Å². The van der Waals surface area contributed by atoms with Crippen molar-refractivity contribution < 1.29 is 38.4 Å². The van der Waals surface area contributed by atoms with Crippen molar-refractivity contribution in [3.63, 3.8) is 0 Å². The SMILES string of the molecule is CCC(C)(CC)C(=O)/C=C(\O)C(C)(CC)CC.O=S1(=O)c2ccc[c-]c2-c2nccc3c2c1cc1c2ccccc2ccc31.[Ir]. The topological polar surface area (TPSA) is 84.3 Å². The van der Waals surface area contributed by atoms with Crippen LogP contribution in [0.5, 0.6) is 0 Å². The number of hydrogen-bond acceptors (Lipinski definition) is 5. The molecule has 7 heteroatoms. The number of benzene rings is 4. The summed E-state index contributed by atoms with van der Waals surface area (Å²) in [6, 6.07) is 24.1. The second-order valence-electron chi connectivity index (χ2n) is 12.2. The fraction of sp³-hybridized carbons (Fsp3) is 0.316. The Morgan fingerprint density at radius 3 is 2.16 bits per heavy atom. The number of nitrogens with zero attached hydrogens (tertiary/aromatic N) is 1. The van der Waals surface area contributed by atoms with Crippen molar-refractivity contribution in [1.82, 2.24) is 4.98 Å². The molecular weight excluding hydrogens is 759 g/mol. The average Bonchev–Trinajstić information content (AvgIpc) is 3.06. The molecule has 1 aliphatic rings. The van der Waals surface area contributed by atoms with Crippen LogP contribution in [0.15, 0.2) is 94.6 Å². The van der Waals surface area contributed by atoms with Gasteiger partial charge in [-0.15, -0.1) is 29.8 Å². The first-order chi connectivity index (χ1) is 21.0. The smallest absolute Gasteiger partial charge is 0.172 e. The van der Waals surface area contributed by atoms with Crippen molar-refractivity contribution in [3.8, 4) is 11.3 Å². The first kappa shape index (κ1) is 34.5. The normalized spacial score (nSPS) is 14.0. The summed E-state index contributed by atoms with van der Waals surface area (Å²) in [6.07, 6.45) is 6.50. The Morgan fingerprint density at radius 1 is 0.822 bits per heavy atom. The minimum Gasteiger partial charge on any atom is -0.512 e. The van der Waals surface area contributed by atoms with Crippen LogP contribution >= 0.6 is 0 Å². The standard InChI is InChI=1S/C23H12NO2S.C15H28O2.Ir/c25-27(26)20-8-4-3-7-18(20)23-22-17(11-12-24-23)16-10-9-14-5-1-2-6-15(14)19(16)13-21(22)27;1-7-14(5,8-2)12(16)11-13(17)15(6,9-3)10-4;/h1-6,8-13H;11,16H,7-10H2,1-6H3;/q-1;;/b;12-11-;. The van der Waals surface area contributed by atoms with E-state index in [1.54, 1.807) is 24.4 Å². The number of aliphatic hydroxyl groups excluding tert-OH is 1. The predicted octanol–water partition coefficient (Wildman–Crippen LogP) is 9.80. The zero-order chi connectivity index (χ0) is 31.9. The minimum atomic E-state index is -3.64. The van der Waals surface area contributed by atoms with Gasteiger partial charge in [0.2, 0.25) is 0 Å². The zero-order valence-corrected chi connectivity index (χ0v) is 29.9. The van der Waals surface area contributed by atoms with E-state index in [0.717, 1.165) is 52.6 Å². The van der Waals surface area contributed by atoms with Gasteiger partial charge in [0, 0.05) is 43.2 Å². The van der Waals surface area contributed by atoms with Crippen molar-refractivity contribution in [2.45, 2.75) is 77.0 Å². The number of aliphatic hydroxyl groups is 1. The Hall–Kier alpha value is -3.38. The number of fused-ring (bicyclic) bond motifs is 6. The summed E-state index contributed by atoms with van der Waals surface area (Å²) in [7, 11) is -3.64. The number of sulfone groups is 1. The Kier molecular flexibility index (Phi) is 10.1. The van der Waals surface area contributed by atoms with Gasteiger partial charge in [0.15, 0.2) is 15.6 Å². The van der Waals surface area contributed by atoms with Crippen LogP contribution in [0.1, 0.15) is 67.2 Å². The summed E-state index contributed by atoms with van der Waals surface area (Å²) < 4.78 is 26.8. The van der Waals surface area contributed by atoms with Gasteiger partial charge in [-0.2, -0.15) is 0 Å². The number of aromatic nitrogens is 1. The van der Waals surface area contributed by atoms with E-state index in [1.807, 2.05) is 77.9 Å². The monoisotopic (exact) mass is 799 g/mol. The van der Waals surface area contributed by atoms with Gasteiger partial charge in [0.25, 0.3) is 0 Å². The van der Waals surface area contributed by atoms with Crippen LogP contribution in [0.2, 0.25) is 0 Å². The van der Waals surface area contributed by atoms with E-state index in [4.69, 9.17) is 0 Å². The molecule has 0 amide bonds. The molecule has 237 valence electrons. The summed E-state index contributed by atoms with van der Waals surface area (Å²) in [6.45, 7) is 12.1. The van der Waals surface area contributed by atoms with Crippen molar-refractivity contribution in [1.29, 1.82) is 0 Å². The van der Waals surface area contributed by atoms with Crippen LogP contribution in [-0.2, 0) is 34.7 Å². The second-order valence-corrected chi connectivity index (χ2v) is 14.1. The quantitative estimate of drug-likeness (QED) is 0.0753. The average molecular weight is 799 g/mol. The molecule has 0 fully saturated rings. The van der Waals surface area contributed by atoms with E-state index in [-0.39, 0.29) is 47.4 Å². The van der Waals surface area contributed by atoms with E-state index >= 15 is 0 Å². The summed E-state index contributed by atoms with van der Waals surface area (Å²) in [5.41, 5.74) is 0.632. The molecular formula is C38H40IrNO4S-. The maximum Gasteiger partial charge on any atom is 0.172 e. The number of carbonyl (C=O) groups excluding carboxylic acids is 1. The maximum absolute atomic E-state index is 13.4. The van der Waals surface area contributed by atoms with Gasteiger partial charge >= 0.3 is 0 Å². The molecule has 5 aromatic rings. The molecule has 2 heterocycles. The number of allylic oxidation sites excluding steroid dienone is 2. The van der Waals surface area contributed by atoms with Gasteiger partial charge in [-0.1, -0.05) is 77.9 Å². The molecule has 4 aromatic carbocycles. The van der Waals surface area contributed by atoms with Crippen molar-refractivity contribution in [2.24, 2.45) is 10.8 Å². The van der Waals surface area contributed by atoms with Crippen molar-refractivity contribution in [3.05, 3.63) is 90.8 Å². The van der Waals surface area contributed by atoms with E-state index in [0.29, 0.717) is 21.5 Å². The van der Waals surface area contributed by atoms with E-state index in [9.17, 15) is 18.3 Å². The fourth-order valence-corrected chi connectivity index (χ4v) is 7.53. The Bertz CT molecular complexity index is 2040. The Balaban J connectivity index is 0.000000226. The summed E-state index contributed by atoms with van der Waals surface area (Å²) in [4.78, 5) is 17.3. The number of ketones is 1. The molecule has 0 unspecified atom stereocenters. The molecule has 0 bridgehead atoms. The van der Waals surface area contributed by atoms with E-state index < -0.39 is 9.84 Å².